The number of Topliss-reactive ketones (excluding diaryl/α,β-unsaturated/α-hetero) is 1. The van der Waals surface area contributed by atoms with Crippen LogP contribution in [0.25, 0.3) is 0 Å². The van der Waals surface area contributed by atoms with Crippen LogP contribution in [0.1, 0.15) is 35.7 Å². The number of carbonyl (C=O) groups is 1. The van der Waals surface area contributed by atoms with E-state index in [1.54, 1.807) is 6.92 Å². The SMILES string of the molecule is CC1(C(=O)c2ccc(C(F)(F)F)c(F)c2)CCCS1. The predicted molar refractivity (Wildman–Crippen MR) is 65.8 cm³/mol. The monoisotopic (exact) mass is 292 g/mol. The van der Waals surface area contributed by atoms with Gasteiger partial charge in [-0.1, -0.05) is 6.07 Å². The summed E-state index contributed by atoms with van der Waals surface area (Å²) in [6.45, 7) is 1.75. The van der Waals surface area contributed by atoms with E-state index < -0.39 is 22.3 Å². The van der Waals surface area contributed by atoms with Crippen molar-refractivity contribution in [2.45, 2.75) is 30.7 Å². The van der Waals surface area contributed by atoms with Gasteiger partial charge in [0, 0.05) is 5.56 Å². The molecule has 1 nitrogen and oxygen atoms in total. The molecule has 0 saturated carbocycles. The highest BCUT2D eigenvalue weighted by atomic mass is 32.2. The first-order valence-corrected chi connectivity index (χ1v) is 6.78. The van der Waals surface area contributed by atoms with Gasteiger partial charge in [0.1, 0.15) is 5.82 Å². The summed E-state index contributed by atoms with van der Waals surface area (Å²) in [5.74, 6) is -0.863. The molecule has 0 bridgehead atoms. The van der Waals surface area contributed by atoms with Crippen LogP contribution in [0, 0.1) is 5.82 Å². The Morgan fingerprint density at radius 1 is 1.37 bits per heavy atom. The van der Waals surface area contributed by atoms with Crippen molar-refractivity contribution < 1.29 is 22.4 Å². The minimum atomic E-state index is -4.74. The van der Waals surface area contributed by atoms with Gasteiger partial charge in [-0.15, -0.1) is 11.8 Å². The lowest BCUT2D eigenvalue weighted by Crippen LogP contribution is -2.29. The van der Waals surface area contributed by atoms with Gasteiger partial charge in [-0.05, 0) is 37.7 Å². The average Bonchev–Trinajstić information content (AvgIpc) is 2.74. The summed E-state index contributed by atoms with van der Waals surface area (Å²) in [4.78, 5) is 12.2. The number of hydrogen-bond donors (Lipinski definition) is 0. The van der Waals surface area contributed by atoms with Crippen LogP contribution < -0.4 is 0 Å². The van der Waals surface area contributed by atoms with Crippen LogP contribution in [0.2, 0.25) is 0 Å². The van der Waals surface area contributed by atoms with Crippen molar-refractivity contribution in [2.24, 2.45) is 0 Å². The highest BCUT2D eigenvalue weighted by Gasteiger charge is 2.39. The van der Waals surface area contributed by atoms with Crippen LogP contribution in [0.4, 0.5) is 17.6 Å². The number of thioether (sulfide) groups is 1. The van der Waals surface area contributed by atoms with E-state index >= 15 is 0 Å². The lowest BCUT2D eigenvalue weighted by Gasteiger charge is -2.21. The molecule has 1 aromatic carbocycles. The van der Waals surface area contributed by atoms with Crippen LogP contribution in [0.5, 0.6) is 0 Å². The van der Waals surface area contributed by atoms with Crippen molar-refractivity contribution in [2.75, 3.05) is 5.75 Å². The molecule has 0 radical (unpaired) electrons. The number of halogens is 4. The summed E-state index contributed by atoms with van der Waals surface area (Å²) in [7, 11) is 0. The van der Waals surface area contributed by atoms with Crippen molar-refractivity contribution >= 4 is 17.5 Å². The fourth-order valence-corrected chi connectivity index (χ4v) is 3.43. The lowest BCUT2D eigenvalue weighted by molar-refractivity contribution is -0.140. The summed E-state index contributed by atoms with van der Waals surface area (Å²) in [5, 5.41) is 0. The van der Waals surface area contributed by atoms with E-state index in [-0.39, 0.29) is 11.3 Å². The summed E-state index contributed by atoms with van der Waals surface area (Å²) >= 11 is 1.47. The molecule has 0 aromatic heterocycles. The van der Waals surface area contributed by atoms with Crippen molar-refractivity contribution in [3.05, 3.63) is 35.1 Å². The fourth-order valence-electron chi connectivity index (χ4n) is 2.15. The molecule has 6 heteroatoms. The van der Waals surface area contributed by atoms with Gasteiger partial charge in [-0.25, -0.2) is 4.39 Å². The number of benzene rings is 1. The van der Waals surface area contributed by atoms with Crippen molar-refractivity contribution in [1.29, 1.82) is 0 Å². The second-order valence-corrected chi connectivity index (χ2v) is 6.30. The molecule has 1 aliphatic rings. The van der Waals surface area contributed by atoms with Gasteiger partial charge in [0.2, 0.25) is 0 Å². The minimum Gasteiger partial charge on any atom is -0.293 e. The van der Waals surface area contributed by atoms with E-state index in [0.29, 0.717) is 18.6 Å². The Morgan fingerprint density at radius 2 is 2.05 bits per heavy atom. The number of ketones is 1. The van der Waals surface area contributed by atoms with Crippen LogP contribution >= 0.6 is 11.8 Å². The quantitative estimate of drug-likeness (QED) is 0.596. The molecule has 0 N–H and O–H groups in total. The fraction of sp³-hybridized carbons (Fsp3) is 0.462. The zero-order valence-corrected chi connectivity index (χ0v) is 11.0. The first kappa shape index (κ1) is 14.4. The topological polar surface area (TPSA) is 17.1 Å². The molecule has 1 heterocycles. The molecule has 0 aliphatic carbocycles. The second kappa shape index (κ2) is 4.81. The Hall–Kier alpha value is -1.04. The molecule has 2 rings (SSSR count). The van der Waals surface area contributed by atoms with Crippen LogP contribution in [0.3, 0.4) is 0 Å². The Labute approximate surface area is 112 Å². The maximum absolute atomic E-state index is 13.4. The van der Waals surface area contributed by atoms with Gasteiger partial charge < -0.3 is 0 Å². The standard InChI is InChI=1S/C13H12F4OS/c1-12(5-2-6-19-12)11(18)8-3-4-9(10(14)7-8)13(15,16)17/h3-4,7H,2,5-6H2,1H3. The van der Waals surface area contributed by atoms with E-state index in [9.17, 15) is 22.4 Å². The predicted octanol–water partition coefficient (Wildman–Crippen LogP) is 4.31. The largest absolute Gasteiger partial charge is 0.419 e. The lowest BCUT2D eigenvalue weighted by atomic mass is 9.94. The van der Waals surface area contributed by atoms with E-state index in [2.05, 4.69) is 0 Å². The Kier molecular flexibility index (Phi) is 3.64. The smallest absolute Gasteiger partial charge is 0.293 e. The number of rotatable bonds is 2. The molecule has 1 atom stereocenters. The van der Waals surface area contributed by atoms with Crippen LogP contribution in [0.15, 0.2) is 18.2 Å². The van der Waals surface area contributed by atoms with Gasteiger partial charge in [0.05, 0.1) is 10.3 Å². The maximum atomic E-state index is 13.4. The van der Waals surface area contributed by atoms with Gasteiger partial charge in [0.25, 0.3) is 0 Å². The van der Waals surface area contributed by atoms with E-state index in [0.717, 1.165) is 18.2 Å². The van der Waals surface area contributed by atoms with Gasteiger partial charge in [-0.3, -0.25) is 4.79 Å². The normalized spacial score (nSPS) is 23.6. The molecule has 1 unspecified atom stereocenters. The zero-order valence-electron chi connectivity index (χ0n) is 10.2. The van der Waals surface area contributed by atoms with Crippen LogP contribution in [-0.4, -0.2) is 16.3 Å². The van der Waals surface area contributed by atoms with Gasteiger partial charge >= 0.3 is 6.18 Å². The minimum absolute atomic E-state index is 0.00222. The molecule has 19 heavy (non-hydrogen) atoms. The zero-order chi connectivity index (χ0) is 14.3. The highest BCUT2D eigenvalue weighted by Crippen LogP contribution is 2.40. The molecule has 0 spiro atoms. The number of alkyl halides is 3. The van der Waals surface area contributed by atoms with Crippen molar-refractivity contribution in [3.8, 4) is 0 Å². The van der Waals surface area contributed by atoms with Gasteiger partial charge in [0.15, 0.2) is 5.78 Å². The van der Waals surface area contributed by atoms with Gasteiger partial charge in [-0.2, -0.15) is 13.2 Å². The second-order valence-electron chi connectivity index (χ2n) is 4.70. The summed E-state index contributed by atoms with van der Waals surface area (Å²) in [6.07, 6.45) is -3.19. The Bertz CT molecular complexity index is 504. The molecular weight excluding hydrogens is 280 g/mol. The molecular formula is C13H12F4OS. The van der Waals surface area contributed by atoms with E-state index in [1.165, 1.54) is 11.8 Å². The van der Waals surface area contributed by atoms with E-state index in [4.69, 9.17) is 0 Å². The van der Waals surface area contributed by atoms with E-state index in [1.807, 2.05) is 0 Å². The third kappa shape index (κ3) is 2.78. The first-order chi connectivity index (χ1) is 8.74. The molecule has 1 fully saturated rings. The summed E-state index contributed by atoms with van der Waals surface area (Å²) in [5.41, 5.74) is -1.34. The summed E-state index contributed by atoms with van der Waals surface area (Å²) < 4.78 is 50.1. The average molecular weight is 292 g/mol. The molecule has 1 aromatic rings. The highest BCUT2D eigenvalue weighted by molar-refractivity contribution is 8.01. The summed E-state index contributed by atoms with van der Waals surface area (Å²) in [6, 6.07) is 2.37. The van der Waals surface area contributed by atoms with Crippen molar-refractivity contribution in [1.82, 2.24) is 0 Å². The number of carbonyl (C=O) groups excluding carboxylic acids is 1. The first-order valence-electron chi connectivity index (χ1n) is 5.79. The van der Waals surface area contributed by atoms with Crippen LogP contribution in [-0.2, 0) is 6.18 Å². The molecule has 0 amide bonds. The third-order valence-electron chi connectivity index (χ3n) is 3.24. The number of hydrogen-bond acceptors (Lipinski definition) is 2. The Balaban J connectivity index is 2.32. The molecule has 104 valence electrons. The molecule has 1 aliphatic heterocycles. The molecule has 1 saturated heterocycles. The Morgan fingerprint density at radius 3 is 2.53 bits per heavy atom. The third-order valence-corrected chi connectivity index (χ3v) is 4.76. The van der Waals surface area contributed by atoms with Crippen molar-refractivity contribution in [3.63, 3.8) is 0 Å². The maximum Gasteiger partial charge on any atom is 0.419 e.